The van der Waals surface area contributed by atoms with Crippen molar-refractivity contribution in [2.45, 2.75) is 66.3 Å². The molecule has 1 rings (SSSR count). The van der Waals surface area contributed by atoms with E-state index in [1.54, 1.807) is 20.8 Å². The van der Waals surface area contributed by atoms with Crippen LogP contribution < -0.4 is 10.6 Å². The number of hydrogen-bond acceptors (Lipinski definition) is 6. The van der Waals surface area contributed by atoms with Gasteiger partial charge in [0.05, 0.1) is 19.8 Å². The third kappa shape index (κ3) is 12.9. The Hall–Kier alpha value is -3.04. The fourth-order valence-corrected chi connectivity index (χ4v) is 2.69. The van der Waals surface area contributed by atoms with Gasteiger partial charge < -0.3 is 20.1 Å². The van der Waals surface area contributed by atoms with Crippen LogP contribution in [0, 0.1) is 17.6 Å². The lowest BCUT2D eigenvalue weighted by Gasteiger charge is -2.18. The highest BCUT2D eigenvalue weighted by molar-refractivity contribution is 5.89. The number of ether oxygens (including phenoxy) is 2. The maximum atomic E-state index is 13.3. The smallest absolute Gasteiger partial charge is 0.328 e. The standard InChI is InChI=1S/C21H28F2N2O6.C3H8/c1-4-30-19(27)9-8-17(21(29)31-5-2)25-18(26)12-24-20(28)13(3)10-14-6-7-15(22)16(23)11-14;1-3-2/h6-7,11,13,17H,4-5,8-10,12H2,1-3H3,(H,24,28)(H,25,26);3H2,1-2H3. The molecule has 0 saturated heterocycles. The number of rotatable bonds is 12. The average molecular weight is 487 g/mol. The second-order valence-corrected chi connectivity index (χ2v) is 7.49. The molecule has 0 aliphatic carbocycles. The Bertz CT molecular complexity index is 804. The summed E-state index contributed by atoms with van der Waals surface area (Å²) >= 11 is 0. The molecule has 0 aliphatic heterocycles. The molecule has 0 heterocycles. The monoisotopic (exact) mass is 486 g/mol. The summed E-state index contributed by atoms with van der Waals surface area (Å²) in [5, 5.41) is 4.86. The van der Waals surface area contributed by atoms with Crippen LogP contribution in [-0.4, -0.2) is 49.6 Å². The molecule has 0 radical (unpaired) electrons. The highest BCUT2D eigenvalue weighted by atomic mass is 19.2. The van der Waals surface area contributed by atoms with Crippen LogP contribution in [0.4, 0.5) is 8.78 Å². The van der Waals surface area contributed by atoms with Gasteiger partial charge in [0.2, 0.25) is 11.8 Å². The number of hydrogen-bond donors (Lipinski definition) is 2. The van der Waals surface area contributed by atoms with Crippen molar-refractivity contribution in [3.8, 4) is 0 Å². The predicted octanol–water partition coefficient (Wildman–Crippen LogP) is 3.07. The van der Waals surface area contributed by atoms with E-state index in [0.29, 0.717) is 5.56 Å². The molecule has 1 aromatic rings. The van der Waals surface area contributed by atoms with Gasteiger partial charge in [0.1, 0.15) is 6.04 Å². The van der Waals surface area contributed by atoms with Gasteiger partial charge in [-0.05, 0) is 44.4 Å². The van der Waals surface area contributed by atoms with Gasteiger partial charge in [0.15, 0.2) is 11.6 Å². The summed E-state index contributed by atoms with van der Waals surface area (Å²) in [4.78, 5) is 47.9. The third-order valence-corrected chi connectivity index (χ3v) is 4.25. The second kappa shape index (κ2) is 17.4. The van der Waals surface area contributed by atoms with Gasteiger partial charge >= 0.3 is 11.9 Å². The first-order valence-corrected chi connectivity index (χ1v) is 11.4. The number of carbonyl (C=O) groups excluding carboxylic acids is 4. The minimum atomic E-state index is -1.06. The molecule has 10 heteroatoms. The lowest BCUT2D eigenvalue weighted by Crippen LogP contribution is -2.47. The Morgan fingerprint density at radius 1 is 0.971 bits per heavy atom. The SMILES string of the molecule is CCC.CCOC(=O)CCC(NC(=O)CNC(=O)C(C)Cc1ccc(F)c(F)c1)C(=O)OCC. The van der Waals surface area contributed by atoms with Crippen LogP contribution in [0.1, 0.15) is 59.4 Å². The number of halogens is 2. The van der Waals surface area contributed by atoms with Crippen molar-refractivity contribution in [2.24, 2.45) is 5.92 Å². The molecular formula is C24H36F2N2O6. The summed E-state index contributed by atoms with van der Waals surface area (Å²) in [6.45, 7) is 8.98. The van der Waals surface area contributed by atoms with Crippen LogP contribution in [-0.2, 0) is 35.1 Å². The van der Waals surface area contributed by atoms with E-state index in [1.807, 2.05) is 0 Å². The van der Waals surface area contributed by atoms with Crippen LogP contribution in [0.15, 0.2) is 18.2 Å². The topological polar surface area (TPSA) is 111 Å². The van der Waals surface area contributed by atoms with Gasteiger partial charge in [-0.2, -0.15) is 0 Å². The lowest BCUT2D eigenvalue weighted by molar-refractivity contribution is -0.148. The van der Waals surface area contributed by atoms with E-state index in [9.17, 15) is 28.0 Å². The Morgan fingerprint density at radius 2 is 1.59 bits per heavy atom. The number of carbonyl (C=O) groups is 4. The van der Waals surface area contributed by atoms with Gasteiger partial charge in [-0.25, -0.2) is 13.6 Å². The van der Waals surface area contributed by atoms with Crippen molar-refractivity contribution in [2.75, 3.05) is 19.8 Å². The molecule has 0 aliphatic rings. The van der Waals surface area contributed by atoms with Gasteiger partial charge in [-0.3, -0.25) is 14.4 Å². The van der Waals surface area contributed by atoms with E-state index in [-0.39, 0.29) is 32.5 Å². The second-order valence-electron chi connectivity index (χ2n) is 7.49. The predicted molar refractivity (Wildman–Crippen MR) is 123 cm³/mol. The van der Waals surface area contributed by atoms with E-state index in [0.717, 1.165) is 12.1 Å². The highest BCUT2D eigenvalue weighted by Gasteiger charge is 2.24. The minimum Gasteiger partial charge on any atom is -0.466 e. The van der Waals surface area contributed by atoms with E-state index < -0.39 is 53.9 Å². The van der Waals surface area contributed by atoms with E-state index in [4.69, 9.17) is 9.47 Å². The molecular weight excluding hydrogens is 450 g/mol. The van der Waals surface area contributed by atoms with Crippen LogP contribution in [0.3, 0.4) is 0 Å². The largest absolute Gasteiger partial charge is 0.466 e. The fourth-order valence-electron chi connectivity index (χ4n) is 2.69. The van der Waals surface area contributed by atoms with Crippen LogP contribution in [0.5, 0.6) is 0 Å². The minimum absolute atomic E-state index is 0.0100. The fraction of sp³-hybridized carbons (Fsp3) is 0.583. The maximum Gasteiger partial charge on any atom is 0.328 e. The molecule has 0 fully saturated rings. The molecule has 34 heavy (non-hydrogen) atoms. The molecule has 0 bridgehead atoms. The van der Waals surface area contributed by atoms with Crippen LogP contribution in [0.2, 0.25) is 0 Å². The van der Waals surface area contributed by atoms with Crippen LogP contribution >= 0.6 is 0 Å². The number of nitrogens with one attached hydrogen (secondary N) is 2. The average Bonchev–Trinajstić information content (AvgIpc) is 2.78. The third-order valence-electron chi connectivity index (χ3n) is 4.25. The van der Waals surface area contributed by atoms with Gasteiger partial charge in [-0.15, -0.1) is 0 Å². The number of esters is 2. The molecule has 2 N–H and O–H groups in total. The van der Waals surface area contributed by atoms with Gasteiger partial charge in [0.25, 0.3) is 0 Å². The van der Waals surface area contributed by atoms with Crippen molar-refractivity contribution in [3.63, 3.8) is 0 Å². The number of amides is 2. The summed E-state index contributed by atoms with van der Waals surface area (Å²) in [7, 11) is 0. The lowest BCUT2D eigenvalue weighted by atomic mass is 10.0. The maximum absolute atomic E-state index is 13.3. The Kier molecular flexibility index (Phi) is 15.9. The molecule has 0 aromatic heterocycles. The molecule has 2 atom stereocenters. The number of benzene rings is 1. The van der Waals surface area contributed by atoms with Crippen molar-refractivity contribution in [1.82, 2.24) is 10.6 Å². The van der Waals surface area contributed by atoms with Gasteiger partial charge in [-0.1, -0.05) is 33.3 Å². The van der Waals surface area contributed by atoms with Gasteiger partial charge in [0, 0.05) is 12.3 Å². The zero-order valence-electron chi connectivity index (χ0n) is 20.5. The van der Waals surface area contributed by atoms with Crippen molar-refractivity contribution >= 4 is 23.8 Å². The summed E-state index contributed by atoms with van der Waals surface area (Å²) in [6, 6.07) is 2.31. The van der Waals surface area contributed by atoms with Crippen molar-refractivity contribution in [1.29, 1.82) is 0 Å². The summed E-state index contributed by atoms with van der Waals surface area (Å²) in [5.41, 5.74) is 0.437. The Morgan fingerprint density at radius 3 is 2.15 bits per heavy atom. The molecule has 2 amide bonds. The first-order chi connectivity index (χ1) is 16.1. The zero-order chi connectivity index (χ0) is 26.1. The van der Waals surface area contributed by atoms with Crippen molar-refractivity contribution < 1.29 is 37.4 Å². The van der Waals surface area contributed by atoms with Crippen LogP contribution in [0.25, 0.3) is 0 Å². The van der Waals surface area contributed by atoms with E-state index in [2.05, 4.69) is 24.5 Å². The summed E-state index contributed by atoms with van der Waals surface area (Å²) in [5.74, 6) is -4.91. The van der Waals surface area contributed by atoms with E-state index in [1.165, 1.54) is 12.5 Å². The molecule has 2 unspecified atom stereocenters. The van der Waals surface area contributed by atoms with Crippen molar-refractivity contribution in [3.05, 3.63) is 35.4 Å². The summed E-state index contributed by atoms with van der Waals surface area (Å²) in [6.07, 6.45) is 1.30. The quantitative estimate of drug-likeness (QED) is 0.440. The first kappa shape index (κ1) is 31.0. The zero-order valence-corrected chi connectivity index (χ0v) is 20.5. The Labute approximate surface area is 199 Å². The first-order valence-electron chi connectivity index (χ1n) is 11.4. The Balaban J connectivity index is 0.00000343. The highest BCUT2D eigenvalue weighted by Crippen LogP contribution is 2.13. The van der Waals surface area contributed by atoms with E-state index >= 15 is 0 Å². The molecule has 8 nitrogen and oxygen atoms in total. The molecule has 192 valence electrons. The summed E-state index contributed by atoms with van der Waals surface area (Å²) < 4.78 is 36.0. The molecule has 0 saturated carbocycles. The normalized spacial score (nSPS) is 11.9. The molecule has 1 aromatic carbocycles. The molecule has 0 spiro atoms.